The van der Waals surface area contributed by atoms with E-state index >= 15 is 0 Å². The molecule has 33 heavy (non-hydrogen) atoms. The molecule has 2 heterocycles. The van der Waals surface area contributed by atoms with Crippen molar-refractivity contribution in [3.05, 3.63) is 86.7 Å². The van der Waals surface area contributed by atoms with Crippen molar-refractivity contribution < 1.29 is 14.4 Å². The predicted octanol–water partition coefficient (Wildman–Crippen LogP) is 5.63. The van der Waals surface area contributed by atoms with Gasteiger partial charge in [0.2, 0.25) is 0 Å². The van der Waals surface area contributed by atoms with Crippen molar-refractivity contribution in [1.29, 1.82) is 0 Å². The highest BCUT2D eigenvalue weighted by atomic mass is 35.5. The molecule has 0 unspecified atom stereocenters. The van der Waals surface area contributed by atoms with Crippen LogP contribution in [0.5, 0.6) is 0 Å². The van der Waals surface area contributed by atoms with Crippen molar-refractivity contribution in [2.45, 2.75) is 27.2 Å². The molecule has 1 aromatic heterocycles. The molecule has 0 saturated carbocycles. The second kappa shape index (κ2) is 8.89. The molecule has 2 aromatic carbocycles. The number of barbiturate groups is 1. The van der Waals surface area contributed by atoms with Gasteiger partial charge in [0, 0.05) is 16.4 Å². The molecule has 0 spiro atoms. The normalized spacial score (nSPS) is 15.4. The van der Waals surface area contributed by atoms with Gasteiger partial charge in [-0.25, -0.2) is 9.69 Å². The Balaban J connectivity index is 1.76. The standard InChI is InChI=1S/C25H21Cl2N3O3/c1-4-16-5-8-19(9-6-16)30-24(32)20(23(31)28-25(30)33)12-17-11-14(2)29(15(17)3)22-13-18(26)7-10-21(22)27/h5-13H,4H2,1-3H3,(H,28,31,33)/b20-12-. The molecule has 0 radical (unpaired) electrons. The molecule has 1 fully saturated rings. The smallest absolute Gasteiger partial charge is 0.316 e. The largest absolute Gasteiger partial charge is 0.335 e. The van der Waals surface area contributed by atoms with Crippen LogP contribution in [-0.2, 0) is 16.0 Å². The van der Waals surface area contributed by atoms with Crippen molar-refractivity contribution in [2.75, 3.05) is 4.90 Å². The Labute approximate surface area is 201 Å². The van der Waals surface area contributed by atoms with E-state index in [1.54, 1.807) is 30.3 Å². The summed E-state index contributed by atoms with van der Waals surface area (Å²) in [6.07, 6.45) is 2.32. The van der Waals surface area contributed by atoms with Gasteiger partial charge in [-0.3, -0.25) is 14.9 Å². The summed E-state index contributed by atoms with van der Waals surface area (Å²) in [6, 6.07) is 13.3. The summed E-state index contributed by atoms with van der Waals surface area (Å²) in [7, 11) is 0. The fourth-order valence-corrected chi connectivity index (χ4v) is 4.26. The number of amides is 4. The molecule has 1 aliphatic rings. The van der Waals surface area contributed by atoms with Gasteiger partial charge in [0.25, 0.3) is 11.8 Å². The number of carbonyl (C=O) groups is 3. The number of nitrogens with zero attached hydrogens (tertiary/aromatic N) is 2. The lowest BCUT2D eigenvalue weighted by molar-refractivity contribution is -0.122. The Bertz CT molecular complexity index is 1320. The van der Waals surface area contributed by atoms with E-state index < -0.39 is 17.8 Å². The second-order valence-electron chi connectivity index (χ2n) is 7.74. The SMILES string of the molecule is CCc1ccc(N2C(=O)NC(=O)/C(=C/c3cc(C)n(-c4cc(Cl)ccc4Cl)c3C)C2=O)cc1. The third-order valence-electron chi connectivity index (χ3n) is 5.62. The highest BCUT2D eigenvalue weighted by molar-refractivity contribution is 6.39. The molecule has 4 amide bonds. The molecule has 0 aliphatic carbocycles. The minimum absolute atomic E-state index is 0.133. The number of rotatable bonds is 4. The average Bonchev–Trinajstić information content (AvgIpc) is 3.06. The van der Waals surface area contributed by atoms with Gasteiger partial charge in [-0.05, 0) is 73.9 Å². The Morgan fingerprint density at radius 2 is 1.67 bits per heavy atom. The maximum atomic E-state index is 13.2. The van der Waals surface area contributed by atoms with E-state index in [2.05, 4.69) is 5.32 Å². The fourth-order valence-electron chi connectivity index (χ4n) is 3.89. The summed E-state index contributed by atoms with van der Waals surface area (Å²) in [5, 5.41) is 3.31. The highest BCUT2D eigenvalue weighted by Gasteiger charge is 2.37. The van der Waals surface area contributed by atoms with E-state index in [4.69, 9.17) is 23.2 Å². The van der Waals surface area contributed by atoms with Gasteiger partial charge in [-0.15, -0.1) is 0 Å². The van der Waals surface area contributed by atoms with Gasteiger partial charge >= 0.3 is 6.03 Å². The van der Waals surface area contributed by atoms with E-state index in [1.165, 1.54) is 6.08 Å². The van der Waals surface area contributed by atoms with Crippen molar-refractivity contribution in [3.63, 3.8) is 0 Å². The number of hydrogen-bond acceptors (Lipinski definition) is 3. The van der Waals surface area contributed by atoms with E-state index in [0.717, 1.165) is 28.3 Å². The minimum atomic E-state index is -0.775. The molecule has 6 nitrogen and oxygen atoms in total. The number of carbonyl (C=O) groups excluding carboxylic acids is 3. The first kappa shape index (κ1) is 22.8. The van der Waals surface area contributed by atoms with Crippen LogP contribution in [0.2, 0.25) is 10.0 Å². The molecule has 1 N–H and O–H groups in total. The molecule has 3 aromatic rings. The van der Waals surface area contributed by atoms with Crippen LogP contribution in [0.4, 0.5) is 10.5 Å². The number of nitrogens with one attached hydrogen (secondary N) is 1. The van der Waals surface area contributed by atoms with Crippen LogP contribution >= 0.6 is 23.2 Å². The van der Waals surface area contributed by atoms with Crippen LogP contribution < -0.4 is 10.2 Å². The zero-order valence-electron chi connectivity index (χ0n) is 18.3. The maximum Gasteiger partial charge on any atom is 0.335 e. The monoisotopic (exact) mass is 481 g/mol. The topological polar surface area (TPSA) is 71.4 Å². The van der Waals surface area contributed by atoms with E-state index in [-0.39, 0.29) is 5.57 Å². The van der Waals surface area contributed by atoms with Crippen LogP contribution in [0, 0.1) is 13.8 Å². The number of benzene rings is 2. The molecular formula is C25H21Cl2N3O3. The quantitative estimate of drug-likeness (QED) is 0.387. The van der Waals surface area contributed by atoms with E-state index in [1.807, 2.05) is 43.5 Å². The van der Waals surface area contributed by atoms with Crippen molar-refractivity contribution >= 4 is 52.8 Å². The first-order valence-electron chi connectivity index (χ1n) is 10.4. The lowest BCUT2D eigenvalue weighted by Gasteiger charge is -2.26. The Morgan fingerprint density at radius 1 is 0.970 bits per heavy atom. The van der Waals surface area contributed by atoms with Gasteiger partial charge in [-0.1, -0.05) is 42.3 Å². The Kier molecular flexibility index (Phi) is 6.15. The summed E-state index contributed by atoms with van der Waals surface area (Å²) in [6.45, 7) is 5.76. The first-order chi connectivity index (χ1) is 15.7. The van der Waals surface area contributed by atoms with Gasteiger partial charge in [0.05, 0.1) is 16.4 Å². The summed E-state index contributed by atoms with van der Waals surface area (Å²) in [5.41, 5.74) is 4.28. The number of halogens is 2. The number of aryl methyl sites for hydroxylation is 2. The zero-order valence-corrected chi connectivity index (χ0v) is 19.8. The van der Waals surface area contributed by atoms with Crippen molar-refractivity contribution in [3.8, 4) is 5.69 Å². The van der Waals surface area contributed by atoms with Gasteiger partial charge in [-0.2, -0.15) is 0 Å². The second-order valence-corrected chi connectivity index (χ2v) is 8.58. The summed E-state index contributed by atoms with van der Waals surface area (Å²) in [5.74, 6) is -1.42. The third-order valence-corrected chi connectivity index (χ3v) is 6.18. The predicted molar refractivity (Wildman–Crippen MR) is 130 cm³/mol. The Morgan fingerprint density at radius 3 is 2.33 bits per heavy atom. The summed E-state index contributed by atoms with van der Waals surface area (Å²) < 4.78 is 1.90. The van der Waals surface area contributed by atoms with Gasteiger partial charge in [0.1, 0.15) is 5.57 Å². The molecule has 4 rings (SSSR count). The van der Waals surface area contributed by atoms with E-state index in [9.17, 15) is 14.4 Å². The van der Waals surface area contributed by atoms with E-state index in [0.29, 0.717) is 27.0 Å². The van der Waals surface area contributed by atoms with Crippen molar-refractivity contribution in [1.82, 2.24) is 9.88 Å². The first-order valence-corrected chi connectivity index (χ1v) is 11.1. The third kappa shape index (κ3) is 4.19. The maximum absolute atomic E-state index is 13.2. The van der Waals surface area contributed by atoms with Gasteiger partial charge < -0.3 is 4.57 Å². The number of imide groups is 2. The summed E-state index contributed by atoms with van der Waals surface area (Å²) in [4.78, 5) is 39.2. The lowest BCUT2D eigenvalue weighted by atomic mass is 10.1. The zero-order chi connectivity index (χ0) is 23.9. The lowest BCUT2D eigenvalue weighted by Crippen LogP contribution is -2.54. The number of urea groups is 1. The molecule has 0 bridgehead atoms. The number of hydrogen-bond donors (Lipinski definition) is 1. The van der Waals surface area contributed by atoms with Crippen molar-refractivity contribution in [2.24, 2.45) is 0 Å². The molecule has 1 aliphatic heterocycles. The average molecular weight is 482 g/mol. The minimum Gasteiger partial charge on any atom is -0.316 e. The Hall–Kier alpha value is -3.35. The van der Waals surface area contributed by atoms with Crippen LogP contribution in [0.15, 0.2) is 54.1 Å². The number of aromatic nitrogens is 1. The molecule has 1 saturated heterocycles. The number of anilines is 1. The molecule has 168 valence electrons. The van der Waals surface area contributed by atoms with Gasteiger partial charge in [0.15, 0.2) is 0 Å². The van der Waals surface area contributed by atoms with Crippen LogP contribution in [0.1, 0.15) is 29.4 Å². The highest BCUT2D eigenvalue weighted by Crippen LogP contribution is 2.30. The van der Waals surface area contributed by atoms with Crippen LogP contribution in [-0.4, -0.2) is 22.4 Å². The molecular weight excluding hydrogens is 461 g/mol. The van der Waals surface area contributed by atoms with Crippen LogP contribution in [0.3, 0.4) is 0 Å². The molecule has 8 heteroatoms. The van der Waals surface area contributed by atoms with Crippen LogP contribution in [0.25, 0.3) is 11.8 Å². The molecule has 0 atom stereocenters. The fraction of sp³-hybridized carbons (Fsp3) is 0.160. The summed E-state index contributed by atoms with van der Waals surface area (Å²) >= 11 is 12.5.